The first-order chi connectivity index (χ1) is 10.1. The predicted octanol–water partition coefficient (Wildman–Crippen LogP) is 3.85. The Bertz CT molecular complexity index is 628. The lowest BCUT2D eigenvalue weighted by atomic mass is 9.87. The van der Waals surface area contributed by atoms with Crippen molar-refractivity contribution in [2.45, 2.75) is 52.0 Å². The van der Waals surface area contributed by atoms with Gasteiger partial charge in [-0.3, -0.25) is 0 Å². The van der Waals surface area contributed by atoms with Gasteiger partial charge in [-0.05, 0) is 44.1 Å². The van der Waals surface area contributed by atoms with E-state index in [-0.39, 0.29) is 0 Å². The van der Waals surface area contributed by atoms with Crippen molar-refractivity contribution in [3.05, 3.63) is 10.9 Å². The fraction of sp³-hybridized carbons (Fsp3) is 0.625. The van der Waals surface area contributed by atoms with Gasteiger partial charge in [0.2, 0.25) is 5.95 Å². The maximum atomic E-state index is 5.92. The molecule has 1 aliphatic carbocycles. The first kappa shape index (κ1) is 14.6. The Kier molecular flexibility index (Phi) is 4.02. The molecule has 114 valence electrons. The van der Waals surface area contributed by atoms with Gasteiger partial charge in [-0.15, -0.1) is 11.3 Å². The topological polar surface area (TPSA) is 55.0 Å². The molecule has 21 heavy (non-hydrogen) atoms. The summed E-state index contributed by atoms with van der Waals surface area (Å²) in [5, 5.41) is 1.16. The number of aromatic nitrogens is 2. The number of rotatable bonds is 3. The van der Waals surface area contributed by atoms with E-state index in [2.05, 4.69) is 41.8 Å². The van der Waals surface area contributed by atoms with E-state index in [4.69, 9.17) is 5.73 Å². The monoisotopic (exact) mass is 304 g/mol. The van der Waals surface area contributed by atoms with Crippen molar-refractivity contribution < 1.29 is 0 Å². The lowest BCUT2D eigenvalue weighted by molar-refractivity contribution is 0.340. The normalized spacial score (nSPS) is 22.6. The number of fused-ring (bicyclic) bond motifs is 1. The molecule has 4 nitrogen and oxygen atoms in total. The van der Waals surface area contributed by atoms with Gasteiger partial charge in [-0.25, -0.2) is 4.98 Å². The summed E-state index contributed by atoms with van der Waals surface area (Å²) in [7, 11) is 2.16. The third-order valence-corrected chi connectivity index (χ3v) is 5.83. The molecular formula is C16H24N4S. The van der Waals surface area contributed by atoms with Crippen LogP contribution in [0.4, 0.5) is 11.8 Å². The summed E-state index contributed by atoms with van der Waals surface area (Å²) in [6, 6.07) is 2.81. The van der Waals surface area contributed by atoms with Crippen molar-refractivity contribution >= 4 is 33.3 Å². The van der Waals surface area contributed by atoms with Gasteiger partial charge in [0, 0.05) is 18.0 Å². The number of hydrogen-bond donors (Lipinski definition) is 1. The Labute approximate surface area is 130 Å². The summed E-state index contributed by atoms with van der Waals surface area (Å²) in [4.78, 5) is 13.6. The van der Waals surface area contributed by atoms with Crippen LogP contribution < -0.4 is 10.6 Å². The second-order valence-corrected chi connectivity index (χ2v) is 7.33. The molecule has 0 aromatic carbocycles. The number of nitrogens with zero attached hydrogens (tertiary/aromatic N) is 3. The number of anilines is 2. The maximum Gasteiger partial charge on any atom is 0.223 e. The van der Waals surface area contributed by atoms with E-state index in [1.807, 2.05) is 0 Å². The minimum atomic E-state index is 0.387. The molecule has 1 aliphatic rings. The Morgan fingerprint density at radius 1 is 1.29 bits per heavy atom. The minimum absolute atomic E-state index is 0.387. The largest absolute Gasteiger partial charge is 0.368 e. The predicted molar refractivity (Wildman–Crippen MR) is 91.0 cm³/mol. The van der Waals surface area contributed by atoms with Crippen molar-refractivity contribution in [2.24, 2.45) is 5.92 Å². The Hall–Kier alpha value is -1.36. The molecule has 0 saturated heterocycles. The van der Waals surface area contributed by atoms with Gasteiger partial charge in [0.05, 0.1) is 5.39 Å². The molecule has 1 fully saturated rings. The lowest BCUT2D eigenvalue weighted by Crippen LogP contribution is -2.35. The van der Waals surface area contributed by atoms with Crippen LogP contribution in [-0.4, -0.2) is 23.1 Å². The van der Waals surface area contributed by atoms with Crippen molar-refractivity contribution in [1.29, 1.82) is 0 Å². The van der Waals surface area contributed by atoms with E-state index in [1.54, 1.807) is 11.3 Å². The van der Waals surface area contributed by atoms with E-state index in [0.717, 1.165) is 28.4 Å². The van der Waals surface area contributed by atoms with Crippen molar-refractivity contribution in [2.75, 3.05) is 17.7 Å². The van der Waals surface area contributed by atoms with Crippen LogP contribution in [-0.2, 0) is 6.42 Å². The molecule has 0 bridgehead atoms. The lowest BCUT2D eigenvalue weighted by Gasteiger charge is -2.34. The minimum Gasteiger partial charge on any atom is -0.368 e. The molecule has 5 heteroatoms. The molecule has 0 atom stereocenters. The van der Waals surface area contributed by atoms with Crippen LogP contribution in [0.2, 0.25) is 0 Å². The first-order valence-corrected chi connectivity index (χ1v) is 8.69. The van der Waals surface area contributed by atoms with Crippen LogP contribution in [0.3, 0.4) is 0 Å². The van der Waals surface area contributed by atoms with Crippen LogP contribution >= 0.6 is 11.3 Å². The second-order valence-electron chi connectivity index (χ2n) is 6.22. The van der Waals surface area contributed by atoms with Gasteiger partial charge in [-0.1, -0.05) is 13.8 Å². The molecule has 2 aromatic rings. The van der Waals surface area contributed by atoms with E-state index >= 15 is 0 Å². The summed E-state index contributed by atoms with van der Waals surface area (Å²) in [5.41, 5.74) is 5.92. The fourth-order valence-electron chi connectivity index (χ4n) is 3.22. The van der Waals surface area contributed by atoms with Crippen molar-refractivity contribution in [3.8, 4) is 0 Å². The van der Waals surface area contributed by atoms with Crippen molar-refractivity contribution in [1.82, 2.24) is 9.97 Å². The van der Waals surface area contributed by atoms with Gasteiger partial charge < -0.3 is 10.6 Å². The van der Waals surface area contributed by atoms with Crippen LogP contribution in [0, 0.1) is 5.92 Å². The van der Waals surface area contributed by atoms with Crippen LogP contribution in [0.25, 0.3) is 10.2 Å². The SMILES string of the molecule is CCc1cc2c(N(C)C3CCC(C)CC3)nc(N)nc2s1. The maximum absolute atomic E-state index is 5.92. The smallest absolute Gasteiger partial charge is 0.223 e. The fourth-order valence-corrected chi connectivity index (χ4v) is 4.19. The number of aryl methyl sites for hydroxylation is 1. The standard InChI is InChI=1S/C16H24N4S/c1-4-12-9-13-14(18-16(17)19-15(13)21-12)20(3)11-7-5-10(2)6-8-11/h9-11H,4-8H2,1-3H3,(H2,17,18,19). The Morgan fingerprint density at radius 3 is 2.67 bits per heavy atom. The average molecular weight is 304 g/mol. The molecule has 1 saturated carbocycles. The Morgan fingerprint density at radius 2 is 2.00 bits per heavy atom. The molecule has 2 heterocycles. The summed E-state index contributed by atoms with van der Waals surface area (Å²) in [5.74, 6) is 2.25. The molecule has 0 amide bonds. The summed E-state index contributed by atoms with van der Waals surface area (Å²) in [6.45, 7) is 4.52. The molecule has 0 unspecified atom stereocenters. The van der Waals surface area contributed by atoms with Crippen molar-refractivity contribution in [3.63, 3.8) is 0 Å². The summed E-state index contributed by atoms with van der Waals surface area (Å²) < 4.78 is 0. The Balaban J connectivity index is 1.96. The van der Waals surface area contributed by atoms with Gasteiger partial charge >= 0.3 is 0 Å². The van der Waals surface area contributed by atoms with Crippen LogP contribution in [0.15, 0.2) is 6.07 Å². The average Bonchev–Trinajstić information content (AvgIpc) is 2.89. The highest BCUT2D eigenvalue weighted by atomic mass is 32.1. The quantitative estimate of drug-likeness (QED) is 0.935. The van der Waals surface area contributed by atoms with E-state index in [1.165, 1.54) is 30.6 Å². The van der Waals surface area contributed by atoms with Crippen LogP contribution in [0.1, 0.15) is 44.4 Å². The highest BCUT2D eigenvalue weighted by molar-refractivity contribution is 7.18. The zero-order valence-corrected chi connectivity index (χ0v) is 13.9. The molecular weight excluding hydrogens is 280 g/mol. The van der Waals surface area contributed by atoms with Gasteiger partial charge in [0.1, 0.15) is 10.6 Å². The zero-order chi connectivity index (χ0) is 15.0. The first-order valence-electron chi connectivity index (χ1n) is 7.87. The molecule has 0 spiro atoms. The summed E-state index contributed by atoms with van der Waals surface area (Å²) in [6.07, 6.45) is 6.14. The molecule has 0 radical (unpaired) electrons. The third-order valence-electron chi connectivity index (χ3n) is 4.66. The van der Waals surface area contributed by atoms with Crippen LogP contribution in [0.5, 0.6) is 0 Å². The highest BCUT2D eigenvalue weighted by Crippen LogP contribution is 2.35. The van der Waals surface area contributed by atoms with E-state index in [9.17, 15) is 0 Å². The molecule has 0 aliphatic heterocycles. The van der Waals surface area contributed by atoms with Gasteiger partial charge in [0.25, 0.3) is 0 Å². The highest BCUT2D eigenvalue weighted by Gasteiger charge is 2.24. The number of nitrogens with two attached hydrogens (primary N) is 1. The third kappa shape index (κ3) is 2.84. The van der Waals surface area contributed by atoms with Gasteiger partial charge in [0.15, 0.2) is 0 Å². The number of hydrogen-bond acceptors (Lipinski definition) is 5. The molecule has 3 rings (SSSR count). The molecule has 2 aromatic heterocycles. The number of nitrogen functional groups attached to an aromatic ring is 1. The molecule has 2 N–H and O–H groups in total. The second kappa shape index (κ2) is 5.79. The summed E-state index contributed by atoms with van der Waals surface area (Å²) >= 11 is 1.73. The van der Waals surface area contributed by atoms with Gasteiger partial charge in [-0.2, -0.15) is 4.98 Å². The van der Waals surface area contributed by atoms with E-state index < -0.39 is 0 Å². The zero-order valence-electron chi connectivity index (χ0n) is 13.1. The number of thiophene rings is 1. The van der Waals surface area contributed by atoms with E-state index in [0.29, 0.717) is 12.0 Å².